The minimum absolute atomic E-state index is 0.108. The number of rotatable bonds is 7. The Labute approximate surface area is 259 Å². The molecule has 1 atom stereocenters. The predicted octanol–water partition coefficient (Wildman–Crippen LogP) is 6.09. The molecule has 0 bridgehead atoms. The molecule has 0 saturated carbocycles. The lowest BCUT2D eigenvalue weighted by Gasteiger charge is -2.43. The van der Waals surface area contributed by atoms with E-state index >= 15 is 0 Å². The van der Waals surface area contributed by atoms with Crippen LogP contribution in [0.5, 0.6) is 5.75 Å². The van der Waals surface area contributed by atoms with Crippen molar-refractivity contribution in [3.8, 4) is 5.75 Å². The average molecular weight is 618 g/mol. The van der Waals surface area contributed by atoms with E-state index in [0.29, 0.717) is 29.8 Å². The third kappa shape index (κ3) is 6.31. The summed E-state index contributed by atoms with van der Waals surface area (Å²) in [6, 6.07) is 13.8. The molecule has 0 radical (unpaired) electrons. The highest BCUT2D eigenvalue weighted by Gasteiger charge is 2.50. The summed E-state index contributed by atoms with van der Waals surface area (Å²) < 4.78 is 11.1. The van der Waals surface area contributed by atoms with Gasteiger partial charge in [0.2, 0.25) is 5.91 Å². The van der Waals surface area contributed by atoms with E-state index in [1.165, 1.54) is 0 Å². The lowest BCUT2D eigenvalue weighted by Crippen LogP contribution is -2.56. The van der Waals surface area contributed by atoms with Gasteiger partial charge in [-0.05, 0) is 89.2 Å². The standard InChI is InChI=1S/C32H42Cl2N4O4/c1-30(2,3)42-29(40)37-18-12-31(21-37,23-9-10-26(33)27(34)19-23)11-6-15-36-16-13-32(14-17-36)28(39)35-22-38(32)24-7-5-8-25(20-24)41-4/h5,7-10,19-20H,6,11-18,21-22H2,1-4H3,(H,35,39). The van der Waals surface area contributed by atoms with E-state index in [2.05, 4.69) is 15.1 Å². The summed E-state index contributed by atoms with van der Waals surface area (Å²) in [5, 5.41) is 4.14. The van der Waals surface area contributed by atoms with Crippen LogP contribution in [0.1, 0.15) is 58.4 Å². The Kier molecular flexibility index (Phi) is 8.89. The van der Waals surface area contributed by atoms with E-state index in [1.54, 1.807) is 7.11 Å². The van der Waals surface area contributed by atoms with Gasteiger partial charge in [-0.2, -0.15) is 0 Å². The van der Waals surface area contributed by atoms with Crippen LogP contribution in [-0.4, -0.2) is 79.4 Å². The zero-order valence-corrected chi connectivity index (χ0v) is 26.6. The molecule has 42 heavy (non-hydrogen) atoms. The Bertz CT molecular complexity index is 1310. The summed E-state index contributed by atoms with van der Waals surface area (Å²) in [6.45, 7) is 10.0. The Morgan fingerprint density at radius 2 is 1.79 bits per heavy atom. The number of likely N-dealkylation sites (tertiary alicyclic amines) is 2. The molecule has 10 heteroatoms. The van der Waals surface area contributed by atoms with Gasteiger partial charge in [0, 0.05) is 43.3 Å². The zero-order valence-electron chi connectivity index (χ0n) is 25.1. The third-order valence-electron chi connectivity index (χ3n) is 9.05. The van der Waals surface area contributed by atoms with Crippen molar-refractivity contribution < 1.29 is 19.1 Å². The molecule has 1 spiro atoms. The predicted molar refractivity (Wildman–Crippen MR) is 167 cm³/mol. The topological polar surface area (TPSA) is 74.4 Å². The summed E-state index contributed by atoms with van der Waals surface area (Å²) >= 11 is 12.7. The van der Waals surface area contributed by atoms with E-state index in [-0.39, 0.29) is 17.4 Å². The van der Waals surface area contributed by atoms with Crippen LogP contribution in [0.25, 0.3) is 0 Å². The molecule has 228 valence electrons. The van der Waals surface area contributed by atoms with Crippen LogP contribution in [0.15, 0.2) is 42.5 Å². The molecule has 0 aromatic heterocycles. The highest BCUT2D eigenvalue weighted by atomic mass is 35.5. The minimum atomic E-state index is -0.546. The number of hydrogen-bond donors (Lipinski definition) is 1. The van der Waals surface area contributed by atoms with E-state index < -0.39 is 11.1 Å². The van der Waals surface area contributed by atoms with Crippen LogP contribution in [-0.2, 0) is 14.9 Å². The highest BCUT2D eigenvalue weighted by molar-refractivity contribution is 6.42. The first-order valence-corrected chi connectivity index (χ1v) is 15.6. The first-order valence-electron chi connectivity index (χ1n) is 14.8. The number of amides is 2. The molecule has 3 aliphatic rings. The van der Waals surface area contributed by atoms with Gasteiger partial charge >= 0.3 is 6.09 Å². The second kappa shape index (κ2) is 12.1. The van der Waals surface area contributed by atoms with E-state index in [0.717, 1.165) is 68.7 Å². The molecule has 8 nitrogen and oxygen atoms in total. The molecule has 3 heterocycles. The largest absolute Gasteiger partial charge is 0.497 e. The molecule has 1 unspecified atom stereocenters. The molecule has 3 saturated heterocycles. The molecule has 2 aromatic rings. The second-order valence-corrected chi connectivity index (χ2v) is 13.6. The fraction of sp³-hybridized carbons (Fsp3) is 0.562. The van der Waals surface area contributed by atoms with Crippen molar-refractivity contribution in [3.05, 3.63) is 58.1 Å². The van der Waals surface area contributed by atoms with Crippen molar-refractivity contribution in [2.75, 3.05) is 51.4 Å². The highest BCUT2D eigenvalue weighted by Crippen LogP contribution is 2.42. The summed E-state index contributed by atoms with van der Waals surface area (Å²) in [7, 11) is 1.66. The van der Waals surface area contributed by atoms with Crippen LogP contribution in [0.2, 0.25) is 10.0 Å². The number of carbonyl (C=O) groups excluding carboxylic acids is 2. The van der Waals surface area contributed by atoms with Gasteiger partial charge in [0.15, 0.2) is 0 Å². The molecule has 5 rings (SSSR count). The molecule has 2 aromatic carbocycles. The molecule has 3 fully saturated rings. The van der Waals surface area contributed by atoms with E-state index in [1.807, 2.05) is 68.1 Å². The first-order chi connectivity index (χ1) is 19.9. The molecular weight excluding hydrogens is 575 g/mol. The van der Waals surface area contributed by atoms with Gasteiger partial charge in [-0.3, -0.25) is 4.79 Å². The summed E-state index contributed by atoms with van der Waals surface area (Å²) in [4.78, 5) is 32.6. The number of anilines is 1. The van der Waals surface area contributed by atoms with Crippen LogP contribution in [0.4, 0.5) is 10.5 Å². The smallest absolute Gasteiger partial charge is 0.410 e. The Balaban J connectivity index is 1.24. The van der Waals surface area contributed by atoms with Crippen LogP contribution in [0, 0.1) is 0 Å². The van der Waals surface area contributed by atoms with Crippen LogP contribution in [0.3, 0.4) is 0 Å². The van der Waals surface area contributed by atoms with Gasteiger partial charge in [0.05, 0.1) is 23.8 Å². The van der Waals surface area contributed by atoms with Gasteiger partial charge in [-0.1, -0.05) is 35.3 Å². The van der Waals surface area contributed by atoms with E-state index in [9.17, 15) is 9.59 Å². The monoisotopic (exact) mass is 616 g/mol. The summed E-state index contributed by atoms with van der Waals surface area (Å²) in [5.41, 5.74) is 0.799. The quantitative estimate of drug-likeness (QED) is 0.406. The Hall–Kier alpha value is -2.68. The number of hydrogen-bond acceptors (Lipinski definition) is 6. The van der Waals surface area contributed by atoms with Gasteiger partial charge in [-0.15, -0.1) is 0 Å². The number of halogens is 2. The van der Waals surface area contributed by atoms with Crippen molar-refractivity contribution in [2.45, 2.75) is 69.4 Å². The van der Waals surface area contributed by atoms with Crippen LogP contribution >= 0.6 is 23.2 Å². The number of methoxy groups -OCH3 is 1. The maximum Gasteiger partial charge on any atom is 0.410 e. The SMILES string of the molecule is COc1cccc(N2CNC(=O)C23CCN(CCCC2(c4ccc(Cl)c(Cl)c4)CCN(C(=O)OC(C)(C)C)C2)CC3)c1. The molecule has 1 N–H and O–H groups in total. The van der Waals surface area contributed by atoms with E-state index in [4.69, 9.17) is 32.7 Å². The maximum atomic E-state index is 13.1. The number of nitrogens with one attached hydrogen (secondary N) is 1. The fourth-order valence-electron chi connectivity index (χ4n) is 6.76. The lowest BCUT2D eigenvalue weighted by molar-refractivity contribution is -0.125. The van der Waals surface area contributed by atoms with Crippen molar-refractivity contribution in [1.29, 1.82) is 0 Å². The number of nitrogens with zero attached hydrogens (tertiary/aromatic N) is 3. The number of piperidine rings is 1. The van der Waals surface area contributed by atoms with Crippen molar-refractivity contribution in [1.82, 2.24) is 15.1 Å². The molecular formula is C32H42Cl2N4O4. The lowest BCUT2D eigenvalue weighted by atomic mass is 9.76. The van der Waals surface area contributed by atoms with Crippen molar-refractivity contribution in [2.24, 2.45) is 0 Å². The number of carbonyl (C=O) groups is 2. The van der Waals surface area contributed by atoms with Crippen molar-refractivity contribution in [3.63, 3.8) is 0 Å². The summed E-state index contributed by atoms with van der Waals surface area (Å²) in [5.74, 6) is 0.893. The number of benzene rings is 2. The van der Waals surface area contributed by atoms with Gasteiger partial charge in [-0.25, -0.2) is 4.79 Å². The van der Waals surface area contributed by atoms with Gasteiger partial charge in [0.25, 0.3) is 0 Å². The van der Waals surface area contributed by atoms with Crippen molar-refractivity contribution >= 4 is 40.9 Å². The van der Waals surface area contributed by atoms with Gasteiger partial charge < -0.3 is 29.5 Å². The Morgan fingerprint density at radius 3 is 2.48 bits per heavy atom. The molecule has 3 aliphatic heterocycles. The maximum absolute atomic E-state index is 13.1. The molecule has 0 aliphatic carbocycles. The summed E-state index contributed by atoms with van der Waals surface area (Å²) in [6.07, 6.45) is 3.95. The second-order valence-electron chi connectivity index (χ2n) is 12.8. The van der Waals surface area contributed by atoms with Crippen LogP contribution < -0.4 is 15.0 Å². The zero-order chi connectivity index (χ0) is 30.1. The van der Waals surface area contributed by atoms with Gasteiger partial charge in [0.1, 0.15) is 16.9 Å². The fourth-order valence-corrected chi connectivity index (χ4v) is 7.05. The average Bonchev–Trinajstić information content (AvgIpc) is 3.53. The Morgan fingerprint density at radius 1 is 1.02 bits per heavy atom. The number of ether oxygens (including phenoxy) is 2. The normalized spacial score (nSPS) is 22.5. The first kappa shape index (κ1) is 30.8. The molecule has 2 amide bonds. The third-order valence-corrected chi connectivity index (χ3v) is 9.79. The minimum Gasteiger partial charge on any atom is -0.497 e.